The number of hydrogen-bond acceptors (Lipinski definition) is 4. The van der Waals surface area contributed by atoms with Crippen molar-refractivity contribution in [3.8, 4) is 11.1 Å². The Morgan fingerprint density at radius 2 is 1.69 bits per heavy atom. The number of amides is 2. The van der Waals surface area contributed by atoms with Crippen molar-refractivity contribution in [2.75, 3.05) is 19.7 Å². The Kier molecular flexibility index (Phi) is 6.53. The monoisotopic (exact) mass is 486 g/mol. The number of hydrogen-bond donors (Lipinski definition) is 2. The number of carbonyl (C=O) groups excluding carboxylic acids is 2. The number of carbonyl (C=O) groups is 3. The number of benzene rings is 2. The molecule has 1 aliphatic heterocycles. The Balaban J connectivity index is 1.40. The maximum atomic E-state index is 13.9. The molecule has 2 amide bonds. The quantitative estimate of drug-likeness (QED) is 0.610. The predicted molar refractivity (Wildman–Crippen MR) is 124 cm³/mol. The summed E-state index contributed by atoms with van der Waals surface area (Å²) in [6.45, 7) is 2.17. The maximum Gasteiger partial charge on any atom is 0.407 e. The number of carboxylic acid groups (broad SMARTS) is 1. The van der Waals surface area contributed by atoms with Crippen LogP contribution in [0.2, 0.25) is 0 Å². The molecule has 7 nitrogen and oxygen atoms in total. The number of alkyl carbamates (subject to hydrolysis) is 1. The van der Waals surface area contributed by atoms with E-state index >= 15 is 0 Å². The fraction of sp³-hybridized carbons (Fsp3) is 0.423. The van der Waals surface area contributed by atoms with Gasteiger partial charge in [0.25, 0.3) is 5.92 Å². The lowest BCUT2D eigenvalue weighted by Crippen LogP contribution is -2.51. The van der Waals surface area contributed by atoms with Gasteiger partial charge in [0.2, 0.25) is 5.91 Å². The highest BCUT2D eigenvalue weighted by Crippen LogP contribution is 2.44. The van der Waals surface area contributed by atoms with E-state index in [0.717, 1.165) is 22.3 Å². The molecule has 0 bridgehead atoms. The number of carboxylic acids is 1. The molecule has 0 saturated carbocycles. The van der Waals surface area contributed by atoms with Gasteiger partial charge >= 0.3 is 12.1 Å². The molecule has 2 N–H and O–H groups in total. The van der Waals surface area contributed by atoms with Crippen molar-refractivity contribution < 1.29 is 33.0 Å². The van der Waals surface area contributed by atoms with Crippen molar-refractivity contribution in [2.24, 2.45) is 5.41 Å². The number of nitrogens with zero attached hydrogens (tertiary/aromatic N) is 1. The van der Waals surface area contributed by atoms with Crippen LogP contribution in [0.1, 0.15) is 43.7 Å². The first-order valence-corrected chi connectivity index (χ1v) is 11.6. The average Bonchev–Trinajstić information content (AvgIpc) is 3.35. The number of aliphatic carboxylic acids is 1. The fourth-order valence-electron chi connectivity index (χ4n) is 4.87. The van der Waals surface area contributed by atoms with Gasteiger partial charge in [0.05, 0.1) is 12.0 Å². The summed E-state index contributed by atoms with van der Waals surface area (Å²) >= 11 is 0. The fourth-order valence-corrected chi connectivity index (χ4v) is 4.87. The molecule has 1 heterocycles. The molecule has 0 aromatic heterocycles. The van der Waals surface area contributed by atoms with Crippen molar-refractivity contribution in [3.05, 3.63) is 59.7 Å². The van der Waals surface area contributed by atoms with Crippen molar-refractivity contribution in [1.82, 2.24) is 10.2 Å². The highest BCUT2D eigenvalue weighted by Gasteiger charge is 2.53. The molecule has 186 valence electrons. The van der Waals surface area contributed by atoms with Gasteiger partial charge in [-0.15, -0.1) is 0 Å². The Morgan fingerprint density at radius 3 is 2.23 bits per heavy atom. The van der Waals surface area contributed by atoms with Crippen LogP contribution in [-0.4, -0.2) is 59.6 Å². The van der Waals surface area contributed by atoms with Gasteiger partial charge in [-0.05, 0) is 35.6 Å². The summed E-state index contributed by atoms with van der Waals surface area (Å²) in [6.07, 6.45) is -1.45. The third-order valence-corrected chi connectivity index (χ3v) is 7.08. The Labute approximate surface area is 202 Å². The number of rotatable bonds is 7. The minimum absolute atomic E-state index is 0.0933. The van der Waals surface area contributed by atoms with Crippen LogP contribution in [0, 0.1) is 5.41 Å². The zero-order valence-electron chi connectivity index (χ0n) is 19.6. The lowest BCUT2D eigenvalue weighted by molar-refractivity contribution is -0.152. The summed E-state index contributed by atoms with van der Waals surface area (Å²) in [5, 5.41) is 11.9. The maximum absolute atomic E-state index is 13.9. The number of likely N-dealkylation sites (tertiary alicyclic amines) is 1. The van der Waals surface area contributed by atoms with Gasteiger partial charge in [0, 0.05) is 18.9 Å². The minimum atomic E-state index is -3.27. The summed E-state index contributed by atoms with van der Waals surface area (Å²) in [4.78, 5) is 37.8. The van der Waals surface area contributed by atoms with E-state index in [4.69, 9.17) is 4.74 Å². The Morgan fingerprint density at radius 1 is 1.11 bits per heavy atom. The lowest BCUT2D eigenvalue weighted by Gasteiger charge is -2.33. The predicted octanol–water partition coefficient (Wildman–Crippen LogP) is 4.26. The average molecular weight is 487 g/mol. The molecule has 35 heavy (non-hydrogen) atoms. The first-order chi connectivity index (χ1) is 16.6. The third kappa shape index (κ3) is 4.72. The minimum Gasteiger partial charge on any atom is -0.480 e. The Hall–Kier alpha value is -3.49. The van der Waals surface area contributed by atoms with Gasteiger partial charge < -0.3 is 20.1 Å². The number of fused-ring (bicyclic) bond motifs is 3. The van der Waals surface area contributed by atoms with Crippen LogP contribution in [0.3, 0.4) is 0 Å². The second-order valence-electron chi connectivity index (χ2n) is 9.44. The van der Waals surface area contributed by atoms with E-state index < -0.39 is 48.3 Å². The molecular weight excluding hydrogens is 458 g/mol. The van der Waals surface area contributed by atoms with Crippen molar-refractivity contribution in [3.63, 3.8) is 0 Å². The van der Waals surface area contributed by atoms with E-state index in [2.05, 4.69) is 5.32 Å². The topological polar surface area (TPSA) is 95.9 Å². The molecule has 9 heteroatoms. The molecular formula is C26H28F2N2O5. The molecule has 1 unspecified atom stereocenters. The number of alkyl halides is 2. The Bertz CT molecular complexity index is 1110. The van der Waals surface area contributed by atoms with Crippen molar-refractivity contribution >= 4 is 18.0 Å². The molecule has 1 fully saturated rings. The standard InChI is InChI=1S/C26H28F2N2O5/c1-3-25(2,23(33)30-15-26(27,28)12-21(30)22(31)32)14-29-24(34)35-13-20-18-10-6-4-8-16(18)17-9-5-7-11-19(17)20/h4-11,20-21H,3,12-15H2,1-2H3,(H,29,34)(H,31,32)/t21-,25?/m0/s1. The SMILES string of the molecule is CCC(C)(CNC(=O)OCC1c2ccccc2-c2ccccc21)C(=O)N1CC(F)(F)C[C@H]1C(=O)O. The van der Waals surface area contributed by atoms with Crippen LogP contribution in [0.15, 0.2) is 48.5 Å². The lowest BCUT2D eigenvalue weighted by atomic mass is 9.85. The molecule has 2 aliphatic rings. The number of nitrogens with one attached hydrogen (secondary N) is 1. The zero-order valence-corrected chi connectivity index (χ0v) is 19.6. The summed E-state index contributed by atoms with van der Waals surface area (Å²) in [6, 6.07) is 14.2. The molecule has 2 aromatic rings. The molecule has 1 aliphatic carbocycles. The molecule has 1 saturated heterocycles. The van der Waals surface area contributed by atoms with Crippen LogP contribution in [0.4, 0.5) is 13.6 Å². The smallest absolute Gasteiger partial charge is 0.407 e. The van der Waals surface area contributed by atoms with E-state index in [1.807, 2.05) is 48.5 Å². The van der Waals surface area contributed by atoms with Crippen molar-refractivity contribution in [2.45, 2.75) is 44.6 Å². The molecule has 0 spiro atoms. The molecule has 2 atom stereocenters. The van der Waals surface area contributed by atoms with Gasteiger partial charge in [0.1, 0.15) is 12.6 Å². The first-order valence-electron chi connectivity index (χ1n) is 11.6. The van der Waals surface area contributed by atoms with Crippen LogP contribution in [-0.2, 0) is 14.3 Å². The van der Waals surface area contributed by atoms with Gasteiger partial charge in [-0.2, -0.15) is 0 Å². The largest absolute Gasteiger partial charge is 0.480 e. The first kappa shape index (κ1) is 24.6. The van der Waals surface area contributed by atoms with Crippen molar-refractivity contribution in [1.29, 1.82) is 0 Å². The van der Waals surface area contributed by atoms with E-state index in [0.29, 0.717) is 4.90 Å². The molecule has 4 rings (SSSR count). The second-order valence-corrected chi connectivity index (χ2v) is 9.44. The third-order valence-electron chi connectivity index (χ3n) is 7.08. The highest BCUT2D eigenvalue weighted by atomic mass is 19.3. The van der Waals surface area contributed by atoms with Crippen LogP contribution in [0.5, 0.6) is 0 Å². The molecule has 2 aromatic carbocycles. The number of ether oxygens (including phenoxy) is 1. The highest BCUT2D eigenvalue weighted by molar-refractivity contribution is 5.88. The van der Waals surface area contributed by atoms with Gasteiger partial charge in [-0.1, -0.05) is 55.5 Å². The van der Waals surface area contributed by atoms with E-state index in [-0.39, 0.29) is 25.5 Å². The normalized spacial score (nSPS) is 20.0. The van der Waals surface area contributed by atoms with E-state index in [9.17, 15) is 28.3 Å². The summed E-state index contributed by atoms with van der Waals surface area (Å²) in [7, 11) is 0. The summed E-state index contributed by atoms with van der Waals surface area (Å²) in [5.74, 6) is -5.61. The van der Waals surface area contributed by atoms with Gasteiger partial charge in [-0.25, -0.2) is 18.4 Å². The van der Waals surface area contributed by atoms with Crippen LogP contribution in [0.25, 0.3) is 11.1 Å². The molecule has 0 radical (unpaired) electrons. The zero-order chi connectivity index (χ0) is 25.4. The summed E-state index contributed by atoms with van der Waals surface area (Å²) < 4.78 is 33.3. The van der Waals surface area contributed by atoms with Crippen LogP contribution >= 0.6 is 0 Å². The number of halogens is 2. The van der Waals surface area contributed by atoms with Crippen LogP contribution < -0.4 is 5.32 Å². The summed E-state index contributed by atoms with van der Waals surface area (Å²) in [5.41, 5.74) is 3.04. The van der Waals surface area contributed by atoms with E-state index in [1.165, 1.54) is 6.92 Å². The van der Waals surface area contributed by atoms with E-state index in [1.54, 1.807) is 6.92 Å². The van der Waals surface area contributed by atoms with Gasteiger partial charge in [0.15, 0.2) is 0 Å². The second kappa shape index (κ2) is 9.28. The van der Waals surface area contributed by atoms with Gasteiger partial charge in [-0.3, -0.25) is 4.79 Å².